The fraction of sp³-hybridized carbons (Fsp3) is 0.636. The van der Waals surface area contributed by atoms with Gasteiger partial charge in [0.05, 0.1) is 0 Å². The van der Waals surface area contributed by atoms with Crippen molar-refractivity contribution in [3.63, 3.8) is 0 Å². The number of hydrogen-bond donors (Lipinski definition) is 1. The summed E-state index contributed by atoms with van der Waals surface area (Å²) in [7, 11) is 0. The van der Waals surface area contributed by atoms with Crippen molar-refractivity contribution in [3.05, 3.63) is 23.9 Å². The van der Waals surface area contributed by atoms with Crippen LogP contribution in [0.5, 0.6) is 0 Å². The molecule has 68 valence electrons. The lowest BCUT2D eigenvalue weighted by molar-refractivity contribution is 0.556. The highest BCUT2D eigenvalue weighted by molar-refractivity contribution is 5.22. The third-order valence-electron chi connectivity index (χ3n) is 2.64. The van der Waals surface area contributed by atoms with Gasteiger partial charge in [-0.15, -0.1) is 0 Å². The van der Waals surface area contributed by atoms with Gasteiger partial charge in [-0.3, -0.25) is 0 Å². The summed E-state index contributed by atoms with van der Waals surface area (Å²) in [5, 5.41) is 0. The molecule has 0 aliphatic heterocycles. The maximum Gasteiger partial charge on any atom is 0.0297 e. The van der Waals surface area contributed by atoms with Gasteiger partial charge in [0.15, 0.2) is 0 Å². The van der Waals surface area contributed by atoms with Gasteiger partial charge in [0, 0.05) is 5.70 Å². The summed E-state index contributed by atoms with van der Waals surface area (Å²) in [4.78, 5) is 0. The highest BCUT2D eigenvalue weighted by Gasteiger charge is 2.13. The van der Waals surface area contributed by atoms with Gasteiger partial charge in [0.25, 0.3) is 0 Å². The summed E-state index contributed by atoms with van der Waals surface area (Å²) in [5.74, 6) is 0.892. The molecule has 1 aliphatic carbocycles. The van der Waals surface area contributed by atoms with Crippen LogP contribution in [0.3, 0.4) is 0 Å². The molecule has 1 aliphatic rings. The lowest BCUT2D eigenvalue weighted by atomic mass is 10.0. The van der Waals surface area contributed by atoms with E-state index in [1.807, 2.05) is 6.92 Å². The van der Waals surface area contributed by atoms with E-state index in [2.05, 4.69) is 12.7 Å². The molecule has 1 heteroatoms. The van der Waals surface area contributed by atoms with Gasteiger partial charge in [-0.25, -0.2) is 0 Å². The van der Waals surface area contributed by atoms with Crippen LogP contribution in [0.15, 0.2) is 23.9 Å². The predicted molar refractivity (Wildman–Crippen MR) is 53.7 cm³/mol. The van der Waals surface area contributed by atoms with Crippen molar-refractivity contribution in [2.75, 3.05) is 0 Å². The molecule has 0 aromatic carbocycles. The van der Waals surface area contributed by atoms with Crippen molar-refractivity contribution >= 4 is 0 Å². The van der Waals surface area contributed by atoms with E-state index in [9.17, 15) is 0 Å². The maximum absolute atomic E-state index is 5.76. The first-order valence-electron chi connectivity index (χ1n) is 4.81. The van der Waals surface area contributed by atoms with Gasteiger partial charge in [-0.05, 0) is 24.8 Å². The van der Waals surface area contributed by atoms with E-state index in [1.165, 1.54) is 25.7 Å². The Labute approximate surface area is 75.3 Å². The zero-order valence-corrected chi connectivity index (χ0v) is 7.97. The molecule has 1 fully saturated rings. The fourth-order valence-corrected chi connectivity index (χ4v) is 1.71. The maximum atomic E-state index is 5.76. The van der Waals surface area contributed by atoms with Crippen LogP contribution in [0.1, 0.15) is 39.0 Å². The van der Waals surface area contributed by atoms with E-state index in [4.69, 9.17) is 5.73 Å². The molecule has 0 atom stereocenters. The Morgan fingerprint density at radius 3 is 2.58 bits per heavy atom. The van der Waals surface area contributed by atoms with Crippen LogP contribution >= 0.6 is 0 Å². The van der Waals surface area contributed by atoms with Crippen molar-refractivity contribution in [2.24, 2.45) is 11.7 Å². The molecule has 0 spiro atoms. The van der Waals surface area contributed by atoms with Crippen LogP contribution in [0.4, 0.5) is 0 Å². The third-order valence-corrected chi connectivity index (χ3v) is 2.64. The van der Waals surface area contributed by atoms with Gasteiger partial charge in [-0.1, -0.05) is 38.3 Å². The van der Waals surface area contributed by atoms with E-state index in [-0.39, 0.29) is 0 Å². The quantitative estimate of drug-likeness (QED) is 0.639. The topological polar surface area (TPSA) is 26.0 Å². The van der Waals surface area contributed by atoms with E-state index < -0.39 is 0 Å². The van der Waals surface area contributed by atoms with Crippen LogP contribution in [0.2, 0.25) is 0 Å². The lowest BCUT2D eigenvalue weighted by Gasteiger charge is -2.05. The number of hydrogen-bond acceptors (Lipinski definition) is 1. The molecule has 0 heterocycles. The lowest BCUT2D eigenvalue weighted by Crippen LogP contribution is -1.99. The van der Waals surface area contributed by atoms with Gasteiger partial charge in [0.2, 0.25) is 0 Å². The van der Waals surface area contributed by atoms with Crippen LogP contribution in [-0.4, -0.2) is 0 Å². The van der Waals surface area contributed by atoms with E-state index in [0.29, 0.717) is 0 Å². The van der Waals surface area contributed by atoms with Gasteiger partial charge in [-0.2, -0.15) is 0 Å². The average Bonchev–Trinajstić information content (AvgIpc) is 2.51. The summed E-state index contributed by atoms with van der Waals surface area (Å²) in [5.41, 5.74) is 7.63. The van der Waals surface area contributed by atoms with Gasteiger partial charge in [0.1, 0.15) is 0 Å². The molecular weight excluding hydrogens is 146 g/mol. The Morgan fingerprint density at radius 1 is 1.50 bits per heavy atom. The normalized spacial score (nSPS) is 19.9. The molecule has 0 aromatic rings. The first kappa shape index (κ1) is 9.37. The molecule has 1 rings (SSSR count). The Hall–Kier alpha value is -0.720. The number of rotatable bonds is 3. The van der Waals surface area contributed by atoms with E-state index in [1.54, 1.807) is 0 Å². The molecule has 1 nitrogen and oxygen atoms in total. The third kappa shape index (κ3) is 2.72. The molecule has 0 radical (unpaired) electrons. The van der Waals surface area contributed by atoms with Crippen molar-refractivity contribution in [1.82, 2.24) is 0 Å². The second-order valence-corrected chi connectivity index (χ2v) is 3.83. The predicted octanol–water partition coefficient (Wildman–Crippen LogP) is 2.99. The van der Waals surface area contributed by atoms with E-state index in [0.717, 1.165) is 23.6 Å². The Balaban J connectivity index is 2.31. The number of allylic oxidation sites excluding steroid dienone is 2. The summed E-state index contributed by atoms with van der Waals surface area (Å²) in [6.45, 7) is 5.77. The Kier molecular flexibility index (Phi) is 3.39. The second kappa shape index (κ2) is 4.34. The Morgan fingerprint density at radius 2 is 2.08 bits per heavy atom. The van der Waals surface area contributed by atoms with Crippen molar-refractivity contribution in [1.29, 1.82) is 0 Å². The zero-order chi connectivity index (χ0) is 8.97. The highest BCUT2D eigenvalue weighted by Crippen LogP contribution is 2.28. The summed E-state index contributed by atoms with van der Waals surface area (Å²) < 4.78 is 0. The van der Waals surface area contributed by atoms with Crippen LogP contribution in [0.25, 0.3) is 0 Å². The average molecular weight is 165 g/mol. The van der Waals surface area contributed by atoms with Crippen molar-refractivity contribution < 1.29 is 0 Å². The monoisotopic (exact) mass is 165 g/mol. The summed E-state index contributed by atoms with van der Waals surface area (Å²) >= 11 is 0. The second-order valence-electron chi connectivity index (χ2n) is 3.83. The molecule has 0 unspecified atom stereocenters. The molecule has 2 N–H and O–H groups in total. The first-order chi connectivity index (χ1) is 5.70. The van der Waals surface area contributed by atoms with Crippen molar-refractivity contribution in [3.8, 4) is 0 Å². The minimum atomic E-state index is 0.877. The molecular formula is C11H19N. The first-order valence-corrected chi connectivity index (χ1v) is 4.81. The van der Waals surface area contributed by atoms with Gasteiger partial charge < -0.3 is 5.73 Å². The fourth-order valence-electron chi connectivity index (χ4n) is 1.71. The smallest absolute Gasteiger partial charge is 0.0297 e. The van der Waals surface area contributed by atoms with Gasteiger partial charge >= 0.3 is 0 Å². The van der Waals surface area contributed by atoms with Crippen LogP contribution < -0.4 is 5.73 Å². The van der Waals surface area contributed by atoms with E-state index >= 15 is 0 Å². The standard InChI is InChI=1S/C11H19N/c1-9(2)11(12)8-7-10-5-3-4-6-10/h8,10H,1,3-7,12H2,2H3/b11-8+. The molecule has 0 amide bonds. The van der Waals surface area contributed by atoms with Crippen LogP contribution in [0, 0.1) is 5.92 Å². The molecule has 1 saturated carbocycles. The summed E-state index contributed by atoms with van der Waals surface area (Å²) in [6.07, 6.45) is 8.88. The highest BCUT2D eigenvalue weighted by atomic mass is 14.6. The Bertz CT molecular complexity index is 185. The molecule has 0 aromatic heterocycles. The largest absolute Gasteiger partial charge is 0.399 e. The molecule has 0 saturated heterocycles. The SMILES string of the molecule is C=C(C)/C(N)=C\CC1CCCC1. The minimum Gasteiger partial charge on any atom is -0.399 e. The van der Waals surface area contributed by atoms with Crippen LogP contribution in [-0.2, 0) is 0 Å². The molecule has 0 bridgehead atoms. The molecule has 12 heavy (non-hydrogen) atoms. The zero-order valence-electron chi connectivity index (χ0n) is 7.97. The minimum absolute atomic E-state index is 0.877. The summed E-state index contributed by atoms with van der Waals surface area (Å²) in [6, 6.07) is 0. The number of nitrogens with two attached hydrogens (primary N) is 1. The van der Waals surface area contributed by atoms with Crippen molar-refractivity contribution in [2.45, 2.75) is 39.0 Å².